The molecule has 3 rings (SSSR count). The molecule has 1 fully saturated rings. The van der Waals surface area contributed by atoms with Crippen LogP contribution in [0.15, 0.2) is 42.6 Å². The molecule has 0 bridgehead atoms. The summed E-state index contributed by atoms with van der Waals surface area (Å²) in [5, 5.41) is 3.72. The molecule has 0 aliphatic heterocycles. The number of primary amides is 1. The lowest BCUT2D eigenvalue weighted by atomic mass is 10.1. The minimum Gasteiger partial charge on any atom is -0.366 e. The third-order valence-corrected chi connectivity index (χ3v) is 3.75. The van der Waals surface area contributed by atoms with Crippen LogP contribution in [0.25, 0.3) is 0 Å². The monoisotopic (exact) mass is 287 g/mol. The van der Waals surface area contributed by atoms with Crippen LogP contribution in [0.3, 0.4) is 0 Å². The molecule has 0 saturated heterocycles. The highest BCUT2D eigenvalue weighted by atomic mass is 35.5. The highest BCUT2D eigenvalue weighted by Gasteiger charge is 2.38. The third-order valence-electron chi connectivity index (χ3n) is 3.47. The lowest BCUT2D eigenvalue weighted by molar-refractivity contribution is 0.1000. The van der Waals surface area contributed by atoms with Crippen molar-refractivity contribution in [3.8, 4) is 0 Å². The second-order valence-electron chi connectivity index (χ2n) is 4.92. The number of amides is 1. The predicted molar refractivity (Wildman–Crippen MR) is 79.0 cm³/mol. The number of nitrogens with one attached hydrogen (secondary N) is 1. The van der Waals surface area contributed by atoms with E-state index in [4.69, 9.17) is 17.3 Å². The SMILES string of the molecule is NC(=O)c1cnc(NC2CC2c2ccccc2)c(Cl)c1. The predicted octanol–water partition coefficient (Wildman–Crippen LogP) is 2.80. The Morgan fingerprint density at radius 2 is 2.10 bits per heavy atom. The van der Waals surface area contributed by atoms with Gasteiger partial charge in [0.15, 0.2) is 0 Å². The van der Waals surface area contributed by atoms with Crippen LogP contribution in [0.5, 0.6) is 0 Å². The fraction of sp³-hybridized carbons (Fsp3) is 0.200. The van der Waals surface area contributed by atoms with E-state index in [1.165, 1.54) is 11.8 Å². The van der Waals surface area contributed by atoms with Crippen LogP contribution in [0.2, 0.25) is 5.02 Å². The summed E-state index contributed by atoms with van der Waals surface area (Å²) < 4.78 is 0. The van der Waals surface area contributed by atoms with Crippen LogP contribution in [0, 0.1) is 0 Å². The first kappa shape index (κ1) is 12.9. The summed E-state index contributed by atoms with van der Waals surface area (Å²) in [5.74, 6) is 0.560. The fourth-order valence-corrected chi connectivity index (χ4v) is 2.50. The molecular weight excluding hydrogens is 274 g/mol. The first-order chi connectivity index (χ1) is 9.65. The summed E-state index contributed by atoms with van der Waals surface area (Å²) in [6, 6.07) is 12.2. The van der Waals surface area contributed by atoms with Crippen LogP contribution in [0.1, 0.15) is 28.3 Å². The molecular formula is C15H14ClN3O. The number of aromatic nitrogens is 1. The molecule has 1 aliphatic rings. The summed E-state index contributed by atoms with van der Waals surface area (Å²) in [4.78, 5) is 15.2. The van der Waals surface area contributed by atoms with Gasteiger partial charge in [0, 0.05) is 18.2 Å². The molecule has 1 aromatic carbocycles. The van der Waals surface area contributed by atoms with E-state index in [2.05, 4.69) is 22.4 Å². The summed E-state index contributed by atoms with van der Waals surface area (Å²) in [5.41, 5.74) is 6.82. The van der Waals surface area contributed by atoms with Crippen molar-refractivity contribution in [2.45, 2.75) is 18.4 Å². The number of hydrogen-bond donors (Lipinski definition) is 2. The number of rotatable bonds is 4. The molecule has 2 aromatic rings. The second-order valence-corrected chi connectivity index (χ2v) is 5.33. The number of anilines is 1. The Morgan fingerprint density at radius 1 is 1.35 bits per heavy atom. The standard InChI is InChI=1S/C15H14ClN3O/c16-12-6-10(14(17)20)8-18-15(12)19-13-7-11(13)9-4-2-1-3-5-9/h1-6,8,11,13H,7H2,(H2,17,20)(H,18,19). The van der Waals surface area contributed by atoms with Crippen LogP contribution in [-0.2, 0) is 0 Å². The van der Waals surface area contributed by atoms with E-state index in [-0.39, 0.29) is 0 Å². The van der Waals surface area contributed by atoms with Gasteiger partial charge in [-0.15, -0.1) is 0 Å². The summed E-state index contributed by atoms with van der Waals surface area (Å²) in [6.07, 6.45) is 2.50. The molecule has 1 saturated carbocycles. The average Bonchev–Trinajstić information content (AvgIpc) is 3.21. The first-order valence-electron chi connectivity index (χ1n) is 6.42. The van der Waals surface area contributed by atoms with Crippen molar-refractivity contribution in [3.05, 3.63) is 58.7 Å². The minimum atomic E-state index is -0.528. The van der Waals surface area contributed by atoms with E-state index in [1.54, 1.807) is 6.07 Å². The largest absolute Gasteiger partial charge is 0.366 e. The minimum absolute atomic E-state index is 0.316. The summed E-state index contributed by atoms with van der Waals surface area (Å²) in [6.45, 7) is 0. The Labute approximate surface area is 122 Å². The molecule has 1 heterocycles. The van der Waals surface area contributed by atoms with E-state index in [9.17, 15) is 4.79 Å². The van der Waals surface area contributed by atoms with Crippen LogP contribution < -0.4 is 11.1 Å². The van der Waals surface area contributed by atoms with Gasteiger partial charge in [-0.05, 0) is 18.1 Å². The van der Waals surface area contributed by atoms with Gasteiger partial charge >= 0.3 is 0 Å². The van der Waals surface area contributed by atoms with Crippen LogP contribution >= 0.6 is 11.6 Å². The molecule has 5 heteroatoms. The molecule has 0 radical (unpaired) electrons. The smallest absolute Gasteiger partial charge is 0.250 e. The van der Waals surface area contributed by atoms with Crippen molar-refractivity contribution in [2.24, 2.45) is 5.73 Å². The molecule has 0 spiro atoms. The van der Waals surface area contributed by atoms with E-state index in [0.717, 1.165) is 6.42 Å². The quantitative estimate of drug-likeness (QED) is 0.908. The Bertz CT molecular complexity index is 645. The number of carbonyl (C=O) groups excluding carboxylic acids is 1. The molecule has 2 unspecified atom stereocenters. The van der Waals surface area contributed by atoms with Crippen molar-refractivity contribution >= 4 is 23.3 Å². The highest BCUT2D eigenvalue weighted by Crippen LogP contribution is 2.43. The molecule has 1 aliphatic carbocycles. The fourth-order valence-electron chi connectivity index (χ4n) is 2.28. The molecule has 2 atom stereocenters. The molecule has 102 valence electrons. The zero-order valence-corrected chi connectivity index (χ0v) is 11.5. The van der Waals surface area contributed by atoms with Gasteiger partial charge in [-0.25, -0.2) is 4.98 Å². The number of nitrogens with two attached hydrogens (primary N) is 1. The first-order valence-corrected chi connectivity index (χ1v) is 6.80. The number of carbonyl (C=O) groups is 1. The maximum Gasteiger partial charge on any atom is 0.250 e. The zero-order valence-electron chi connectivity index (χ0n) is 10.7. The van der Waals surface area contributed by atoms with Crippen LogP contribution in [-0.4, -0.2) is 16.9 Å². The Morgan fingerprint density at radius 3 is 2.75 bits per heavy atom. The zero-order chi connectivity index (χ0) is 14.1. The second kappa shape index (κ2) is 5.13. The van der Waals surface area contributed by atoms with Crippen molar-refractivity contribution < 1.29 is 4.79 Å². The van der Waals surface area contributed by atoms with Crippen molar-refractivity contribution in [1.29, 1.82) is 0 Å². The van der Waals surface area contributed by atoms with Gasteiger partial charge in [0.1, 0.15) is 5.82 Å². The number of halogens is 1. The van der Waals surface area contributed by atoms with Gasteiger partial charge in [-0.2, -0.15) is 0 Å². The summed E-state index contributed by atoms with van der Waals surface area (Å²) in [7, 11) is 0. The Hall–Kier alpha value is -2.07. The van der Waals surface area contributed by atoms with E-state index in [0.29, 0.717) is 28.4 Å². The average molecular weight is 288 g/mol. The normalized spacial score (nSPS) is 20.4. The number of benzene rings is 1. The Kier molecular flexibility index (Phi) is 3.32. The van der Waals surface area contributed by atoms with E-state index < -0.39 is 5.91 Å². The van der Waals surface area contributed by atoms with Gasteiger partial charge in [0.2, 0.25) is 5.91 Å². The highest BCUT2D eigenvalue weighted by molar-refractivity contribution is 6.33. The third kappa shape index (κ3) is 2.60. The number of pyridine rings is 1. The van der Waals surface area contributed by atoms with E-state index >= 15 is 0 Å². The molecule has 20 heavy (non-hydrogen) atoms. The lowest BCUT2D eigenvalue weighted by Crippen LogP contribution is -2.12. The topological polar surface area (TPSA) is 68.0 Å². The Balaban J connectivity index is 1.70. The van der Waals surface area contributed by atoms with Gasteiger partial charge in [0.25, 0.3) is 0 Å². The van der Waals surface area contributed by atoms with Crippen LogP contribution in [0.4, 0.5) is 5.82 Å². The number of hydrogen-bond acceptors (Lipinski definition) is 3. The van der Waals surface area contributed by atoms with E-state index in [1.807, 2.05) is 18.2 Å². The summed E-state index contributed by atoms with van der Waals surface area (Å²) >= 11 is 6.11. The van der Waals surface area contributed by atoms with Crippen molar-refractivity contribution in [3.63, 3.8) is 0 Å². The van der Waals surface area contributed by atoms with Crippen molar-refractivity contribution in [1.82, 2.24) is 4.98 Å². The maximum absolute atomic E-state index is 11.0. The van der Waals surface area contributed by atoms with Gasteiger partial charge in [0.05, 0.1) is 10.6 Å². The van der Waals surface area contributed by atoms with Gasteiger partial charge in [-0.1, -0.05) is 41.9 Å². The van der Waals surface area contributed by atoms with Gasteiger partial charge < -0.3 is 11.1 Å². The lowest BCUT2D eigenvalue weighted by Gasteiger charge is -2.08. The maximum atomic E-state index is 11.0. The number of nitrogens with zero attached hydrogens (tertiary/aromatic N) is 1. The van der Waals surface area contributed by atoms with Crippen molar-refractivity contribution in [2.75, 3.05) is 5.32 Å². The molecule has 3 N–H and O–H groups in total. The molecule has 1 aromatic heterocycles. The van der Waals surface area contributed by atoms with Gasteiger partial charge in [-0.3, -0.25) is 4.79 Å². The molecule has 1 amide bonds. The molecule has 4 nitrogen and oxygen atoms in total.